The Kier molecular flexibility index (Phi) is 6.93. The van der Waals surface area contributed by atoms with E-state index in [9.17, 15) is 22.5 Å². The van der Waals surface area contributed by atoms with E-state index in [0.29, 0.717) is 12.1 Å². The number of nitrogens with one attached hydrogen (secondary N) is 3. The van der Waals surface area contributed by atoms with Crippen LogP contribution in [0.25, 0.3) is 5.69 Å². The molecule has 14 heteroatoms. The summed E-state index contributed by atoms with van der Waals surface area (Å²) in [5.41, 5.74) is 0.679. The number of benzene rings is 1. The van der Waals surface area contributed by atoms with E-state index >= 15 is 0 Å². The van der Waals surface area contributed by atoms with E-state index < -0.39 is 34.7 Å². The van der Waals surface area contributed by atoms with Crippen molar-refractivity contribution in [3.8, 4) is 5.69 Å². The van der Waals surface area contributed by atoms with Gasteiger partial charge in [0.15, 0.2) is 17.3 Å². The van der Waals surface area contributed by atoms with Crippen molar-refractivity contribution in [1.29, 1.82) is 5.41 Å². The van der Waals surface area contributed by atoms with Gasteiger partial charge in [-0.2, -0.15) is 23.8 Å². The molecular formula is C15H14Cl2F3N5O3S. The maximum absolute atomic E-state index is 13.0. The first-order chi connectivity index (χ1) is 13.4. The Morgan fingerprint density at radius 3 is 2.31 bits per heavy atom. The molecule has 0 saturated heterocycles. The van der Waals surface area contributed by atoms with Crippen molar-refractivity contribution in [1.82, 2.24) is 15.3 Å². The van der Waals surface area contributed by atoms with Crippen LogP contribution in [0.5, 0.6) is 0 Å². The van der Waals surface area contributed by atoms with Crippen molar-refractivity contribution >= 4 is 52.0 Å². The zero-order valence-electron chi connectivity index (χ0n) is 15.1. The van der Waals surface area contributed by atoms with Crippen molar-refractivity contribution in [2.75, 3.05) is 18.6 Å². The summed E-state index contributed by atoms with van der Waals surface area (Å²) >= 11 is 10.4. The highest BCUT2D eigenvalue weighted by molar-refractivity contribution is 7.91. The second-order valence-electron chi connectivity index (χ2n) is 5.50. The van der Waals surface area contributed by atoms with Crippen LogP contribution >= 0.6 is 23.2 Å². The number of hydroxylamine groups is 1. The minimum Gasteiger partial charge on any atom is -0.611 e. The third-order valence-corrected chi connectivity index (χ3v) is 4.99. The lowest BCUT2D eigenvalue weighted by atomic mass is 10.2. The van der Waals surface area contributed by atoms with Crippen molar-refractivity contribution in [3.63, 3.8) is 0 Å². The highest BCUT2D eigenvalue weighted by Crippen LogP contribution is 2.39. The number of carbonyl (C=O) groups is 1. The van der Waals surface area contributed by atoms with Crippen LogP contribution in [0.3, 0.4) is 0 Å². The first-order valence-electron chi connectivity index (χ1n) is 7.61. The molecule has 0 aliphatic heterocycles. The van der Waals surface area contributed by atoms with Crippen LogP contribution in [-0.2, 0) is 27.0 Å². The summed E-state index contributed by atoms with van der Waals surface area (Å²) in [7, 11) is 1.45. The Morgan fingerprint density at radius 2 is 1.90 bits per heavy atom. The second-order valence-corrected chi connectivity index (χ2v) is 7.63. The van der Waals surface area contributed by atoms with Crippen molar-refractivity contribution < 1.29 is 27.4 Å². The van der Waals surface area contributed by atoms with E-state index in [2.05, 4.69) is 15.3 Å². The molecule has 0 bridgehead atoms. The van der Waals surface area contributed by atoms with Crippen LogP contribution in [0, 0.1) is 5.41 Å². The van der Waals surface area contributed by atoms with Crippen LogP contribution in [0.15, 0.2) is 17.0 Å². The molecule has 3 N–H and O–H groups in total. The molecule has 158 valence electrons. The average Bonchev–Trinajstić information content (AvgIpc) is 2.97. The van der Waals surface area contributed by atoms with E-state index in [-0.39, 0.29) is 32.1 Å². The van der Waals surface area contributed by atoms with Gasteiger partial charge in [-0.3, -0.25) is 10.2 Å². The number of hydrogen-bond acceptors (Lipinski definition) is 6. The summed E-state index contributed by atoms with van der Waals surface area (Å²) in [6, 6.07) is 1.35. The molecule has 1 aromatic carbocycles. The number of halogens is 5. The Morgan fingerprint density at radius 1 is 1.34 bits per heavy atom. The van der Waals surface area contributed by atoms with Gasteiger partial charge in [-0.1, -0.05) is 23.2 Å². The lowest BCUT2D eigenvalue weighted by Crippen LogP contribution is -2.27. The van der Waals surface area contributed by atoms with Gasteiger partial charge in [0.1, 0.15) is 11.9 Å². The lowest BCUT2D eigenvalue weighted by Gasteiger charge is -2.14. The Hall–Kier alpha value is -2.15. The number of hydrogen-bond donors (Lipinski definition) is 3. The van der Waals surface area contributed by atoms with Gasteiger partial charge in [0.05, 0.1) is 15.6 Å². The number of nitrogens with zero attached hydrogens (tertiary/aromatic N) is 2. The fourth-order valence-corrected chi connectivity index (χ4v) is 3.85. The molecule has 1 aromatic heterocycles. The molecule has 0 aliphatic carbocycles. The molecule has 0 spiro atoms. The number of amidine groups is 1. The third kappa shape index (κ3) is 4.89. The summed E-state index contributed by atoms with van der Waals surface area (Å²) in [6.45, 7) is 1.10. The maximum Gasteiger partial charge on any atom is 0.416 e. The van der Waals surface area contributed by atoms with Crippen molar-refractivity contribution in [2.24, 2.45) is 0 Å². The topological polar surface area (TPSA) is 115 Å². The normalized spacial score (nSPS) is 12.4. The van der Waals surface area contributed by atoms with Crippen LogP contribution in [0.1, 0.15) is 18.2 Å². The quantitative estimate of drug-likeness (QED) is 0.272. The lowest BCUT2D eigenvalue weighted by molar-refractivity contribution is -0.145. The van der Waals surface area contributed by atoms with Crippen LogP contribution in [0.2, 0.25) is 10.0 Å². The molecule has 0 amide bonds. The predicted octanol–water partition coefficient (Wildman–Crippen LogP) is 3.37. The standard InChI is InChI=1S/C15H14Cl2F3N5O3S/c1-6(26)28-24-13(21)10-12(29(3)27)14(22-2)25(23-10)11-8(16)4-7(5-9(11)17)15(18,19)20/h4-5,22H,1-3H3,(H2,21,24). The number of rotatable bonds is 4. The number of carbonyl (C=O) groups excluding carboxylic acids is 1. The molecule has 0 fully saturated rings. The maximum atomic E-state index is 13.0. The molecule has 1 unspecified atom stereocenters. The van der Waals surface area contributed by atoms with Gasteiger partial charge in [0.2, 0.25) is 4.90 Å². The molecular weight excluding hydrogens is 458 g/mol. The van der Waals surface area contributed by atoms with E-state index in [1.165, 1.54) is 13.3 Å². The minimum atomic E-state index is -4.67. The van der Waals surface area contributed by atoms with Crippen LogP contribution in [-0.4, -0.2) is 39.4 Å². The van der Waals surface area contributed by atoms with Gasteiger partial charge in [0.25, 0.3) is 0 Å². The third-order valence-electron chi connectivity index (χ3n) is 3.46. The molecule has 0 saturated carbocycles. The summed E-state index contributed by atoms with van der Waals surface area (Å²) < 4.78 is 52.3. The van der Waals surface area contributed by atoms with Crippen LogP contribution in [0.4, 0.5) is 19.0 Å². The zero-order valence-corrected chi connectivity index (χ0v) is 17.4. The fraction of sp³-hybridized carbons (Fsp3) is 0.267. The largest absolute Gasteiger partial charge is 0.611 e. The first kappa shape index (κ1) is 23.1. The Labute approximate surface area is 175 Å². The monoisotopic (exact) mass is 471 g/mol. The average molecular weight is 472 g/mol. The predicted molar refractivity (Wildman–Crippen MR) is 102 cm³/mol. The molecule has 2 rings (SSSR count). The molecule has 0 radical (unpaired) electrons. The molecule has 0 aliphatic rings. The number of anilines is 1. The molecule has 29 heavy (non-hydrogen) atoms. The summed E-state index contributed by atoms with van der Waals surface area (Å²) in [5.74, 6) is -1.19. The van der Waals surface area contributed by atoms with Gasteiger partial charge in [0, 0.05) is 14.0 Å². The van der Waals surface area contributed by atoms with E-state index in [1.54, 1.807) is 0 Å². The number of aromatic nitrogens is 2. The highest BCUT2D eigenvalue weighted by Gasteiger charge is 2.34. The molecule has 1 atom stereocenters. The molecule has 8 nitrogen and oxygen atoms in total. The fourth-order valence-electron chi connectivity index (χ4n) is 2.32. The van der Waals surface area contributed by atoms with E-state index in [0.717, 1.165) is 11.6 Å². The SMILES string of the molecule is CNc1c([S+](C)[O-])c(C(=N)NOC(C)=O)nn1-c1c(Cl)cc(C(F)(F)F)cc1Cl. The zero-order chi connectivity index (χ0) is 22.1. The number of alkyl halides is 3. The Balaban J connectivity index is 2.69. The van der Waals surface area contributed by atoms with E-state index in [4.69, 9.17) is 28.6 Å². The summed E-state index contributed by atoms with van der Waals surface area (Å²) in [5, 5.41) is 14.1. The van der Waals surface area contributed by atoms with Gasteiger partial charge in [-0.15, -0.1) is 0 Å². The van der Waals surface area contributed by atoms with Crippen molar-refractivity contribution in [2.45, 2.75) is 18.0 Å². The van der Waals surface area contributed by atoms with Gasteiger partial charge >= 0.3 is 12.1 Å². The smallest absolute Gasteiger partial charge is 0.416 e. The van der Waals surface area contributed by atoms with Gasteiger partial charge in [-0.25, -0.2) is 4.68 Å². The minimum absolute atomic E-state index is 0.0178. The molecule has 1 heterocycles. The molecule has 2 aromatic rings. The van der Waals surface area contributed by atoms with Crippen LogP contribution < -0.4 is 10.8 Å². The van der Waals surface area contributed by atoms with Gasteiger partial charge in [-0.05, 0) is 23.3 Å². The summed E-state index contributed by atoms with van der Waals surface area (Å²) in [6.07, 6.45) is -3.36. The van der Waals surface area contributed by atoms with Crippen molar-refractivity contribution in [3.05, 3.63) is 33.4 Å². The van der Waals surface area contributed by atoms with E-state index in [1.807, 2.05) is 5.48 Å². The highest BCUT2D eigenvalue weighted by atomic mass is 35.5. The first-order valence-corrected chi connectivity index (χ1v) is 9.93. The second kappa shape index (κ2) is 8.69. The Bertz CT molecular complexity index is 942. The van der Waals surface area contributed by atoms with Gasteiger partial charge < -0.3 is 14.7 Å². The summed E-state index contributed by atoms with van der Waals surface area (Å²) in [4.78, 5) is 15.5.